The highest BCUT2D eigenvalue weighted by atomic mass is 19.4. The fourth-order valence-electron chi connectivity index (χ4n) is 1.77. The average Bonchev–Trinajstić information content (AvgIpc) is 2.35. The molecule has 1 unspecified atom stereocenters. The second-order valence-electron chi connectivity index (χ2n) is 4.27. The number of carboxylic acid groups (broad SMARTS) is 1. The summed E-state index contributed by atoms with van der Waals surface area (Å²) in [5.74, 6) is -1.53. The number of nitrogens with zero attached hydrogens (tertiary/aromatic N) is 2. The number of ether oxygens (including phenoxy) is 1. The summed E-state index contributed by atoms with van der Waals surface area (Å²) >= 11 is 0. The van der Waals surface area contributed by atoms with Crippen molar-refractivity contribution in [2.24, 2.45) is 0 Å². The van der Waals surface area contributed by atoms with Crippen molar-refractivity contribution in [2.75, 3.05) is 39.4 Å². The highest BCUT2D eigenvalue weighted by Gasteiger charge is 2.36. The predicted molar refractivity (Wildman–Crippen MR) is 59.1 cm³/mol. The summed E-state index contributed by atoms with van der Waals surface area (Å²) in [6, 6.07) is -1.04. The first-order chi connectivity index (χ1) is 9.23. The Morgan fingerprint density at radius 2 is 2.05 bits per heavy atom. The lowest BCUT2D eigenvalue weighted by Gasteiger charge is -2.35. The summed E-state index contributed by atoms with van der Waals surface area (Å²) < 4.78 is 42.1. The number of alkyl halides is 3. The number of aliphatic hydroxyl groups excluding tert-OH is 1. The molecular formula is C10H15F3N2O5. The van der Waals surface area contributed by atoms with E-state index in [9.17, 15) is 22.8 Å². The minimum atomic E-state index is -4.69. The van der Waals surface area contributed by atoms with Crippen LogP contribution in [0.3, 0.4) is 0 Å². The molecule has 116 valence electrons. The number of hydrogen-bond acceptors (Lipinski definition) is 4. The number of hydrogen-bond donors (Lipinski definition) is 2. The molecule has 1 heterocycles. The van der Waals surface area contributed by atoms with Crippen LogP contribution in [0.1, 0.15) is 0 Å². The van der Waals surface area contributed by atoms with Crippen molar-refractivity contribution >= 4 is 12.0 Å². The molecule has 0 spiro atoms. The number of halogens is 3. The summed E-state index contributed by atoms with van der Waals surface area (Å²) in [7, 11) is 0. The van der Waals surface area contributed by atoms with Gasteiger partial charge in [0, 0.05) is 6.54 Å². The van der Waals surface area contributed by atoms with E-state index in [1.165, 1.54) is 0 Å². The van der Waals surface area contributed by atoms with E-state index in [4.69, 9.17) is 14.9 Å². The van der Waals surface area contributed by atoms with Gasteiger partial charge in [-0.15, -0.1) is 0 Å². The molecule has 0 saturated carbocycles. The van der Waals surface area contributed by atoms with Crippen molar-refractivity contribution in [2.45, 2.75) is 12.3 Å². The number of carbonyl (C=O) groups excluding carboxylic acids is 1. The van der Waals surface area contributed by atoms with E-state index in [0.29, 0.717) is 0 Å². The van der Waals surface area contributed by atoms with Crippen LogP contribution >= 0.6 is 0 Å². The number of urea groups is 1. The van der Waals surface area contributed by atoms with E-state index in [-0.39, 0.29) is 31.2 Å². The Labute approximate surface area is 112 Å². The molecule has 0 aromatic rings. The van der Waals surface area contributed by atoms with Gasteiger partial charge in [-0.3, -0.25) is 4.79 Å². The van der Waals surface area contributed by atoms with Crippen LogP contribution in [-0.4, -0.2) is 83.7 Å². The highest BCUT2D eigenvalue weighted by molar-refractivity contribution is 5.80. The lowest BCUT2D eigenvalue weighted by molar-refractivity contribution is -0.150. The number of rotatable bonds is 4. The van der Waals surface area contributed by atoms with Gasteiger partial charge in [-0.1, -0.05) is 0 Å². The van der Waals surface area contributed by atoms with Gasteiger partial charge in [-0.2, -0.15) is 13.2 Å². The monoisotopic (exact) mass is 300 g/mol. The fraction of sp³-hybridized carbons (Fsp3) is 0.800. The van der Waals surface area contributed by atoms with Crippen molar-refractivity contribution in [1.29, 1.82) is 0 Å². The van der Waals surface area contributed by atoms with Crippen molar-refractivity contribution in [3.05, 3.63) is 0 Å². The van der Waals surface area contributed by atoms with Gasteiger partial charge < -0.3 is 24.7 Å². The van der Waals surface area contributed by atoms with E-state index in [2.05, 4.69) is 0 Å². The molecule has 10 heteroatoms. The molecule has 1 aliphatic heterocycles. The van der Waals surface area contributed by atoms with E-state index < -0.39 is 37.4 Å². The fourth-order valence-corrected chi connectivity index (χ4v) is 1.77. The second kappa shape index (κ2) is 6.75. The third-order valence-corrected chi connectivity index (χ3v) is 2.58. The van der Waals surface area contributed by atoms with Crippen molar-refractivity contribution in [1.82, 2.24) is 9.80 Å². The third-order valence-electron chi connectivity index (χ3n) is 2.58. The minimum absolute atomic E-state index is 0.0449. The van der Waals surface area contributed by atoms with E-state index in [0.717, 1.165) is 4.90 Å². The minimum Gasteiger partial charge on any atom is -0.480 e. The van der Waals surface area contributed by atoms with Crippen molar-refractivity contribution < 1.29 is 37.7 Å². The smallest absolute Gasteiger partial charge is 0.406 e. The largest absolute Gasteiger partial charge is 0.480 e. The number of carboxylic acids is 1. The molecular weight excluding hydrogens is 285 g/mol. The number of amides is 2. The van der Waals surface area contributed by atoms with Gasteiger partial charge >= 0.3 is 18.2 Å². The second-order valence-corrected chi connectivity index (χ2v) is 4.27. The van der Waals surface area contributed by atoms with Crippen molar-refractivity contribution in [3.63, 3.8) is 0 Å². The first-order valence-corrected chi connectivity index (χ1v) is 5.78. The predicted octanol–water partition coefficient (Wildman–Crippen LogP) is -0.252. The van der Waals surface area contributed by atoms with Gasteiger partial charge in [-0.25, -0.2) is 4.79 Å². The maximum atomic E-state index is 12.4. The Hall–Kier alpha value is -1.55. The van der Waals surface area contributed by atoms with E-state index >= 15 is 0 Å². The molecule has 0 bridgehead atoms. The first kappa shape index (κ1) is 16.5. The zero-order valence-electron chi connectivity index (χ0n) is 10.5. The summed E-state index contributed by atoms with van der Waals surface area (Å²) in [6.45, 7) is -3.02. The molecule has 2 N–H and O–H groups in total. The van der Waals surface area contributed by atoms with Gasteiger partial charge in [0.05, 0.1) is 25.9 Å². The Morgan fingerprint density at radius 1 is 1.40 bits per heavy atom. The number of aliphatic carboxylic acids is 1. The van der Waals surface area contributed by atoms with Crippen LogP contribution in [0.5, 0.6) is 0 Å². The summed E-state index contributed by atoms with van der Waals surface area (Å²) in [4.78, 5) is 23.7. The molecule has 1 fully saturated rings. The van der Waals surface area contributed by atoms with E-state index in [1.807, 2.05) is 0 Å². The summed E-state index contributed by atoms with van der Waals surface area (Å²) in [5.41, 5.74) is 0. The van der Waals surface area contributed by atoms with Gasteiger partial charge in [0.1, 0.15) is 13.1 Å². The summed E-state index contributed by atoms with van der Waals surface area (Å²) in [5, 5.41) is 17.5. The normalized spacial score (nSPS) is 19.8. The third kappa shape index (κ3) is 5.21. The highest BCUT2D eigenvalue weighted by Crippen LogP contribution is 2.18. The maximum absolute atomic E-state index is 12.4. The number of aliphatic hydroxyl groups is 1. The molecule has 7 nitrogen and oxygen atoms in total. The number of morpholine rings is 1. The van der Waals surface area contributed by atoms with Crippen LogP contribution in [0.2, 0.25) is 0 Å². The van der Waals surface area contributed by atoms with Gasteiger partial charge in [0.15, 0.2) is 0 Å². The molecule has 1 saturated heterocycles. The van der Waals surface area contributed by atoms with E-state index in [1.54, 1.807) is 0 Å². The molecule has 1 aliphatic rings. The molecule has 20 heavy (non-hydrogen) atoms. The zero-order chi connectivity index (χ0) is 15.3. The molecule has 2 amide bonds. The Kier molecular flexibility index (Phi) is 5.57. The molecule has 0 aliphatic carbocycles. The lowest BCUT2D eigenvalue weighted by atomic mass is 10.3. The van der Waals surface area contributed by atoms with Gasteiger partial charge in [-0.05, 0) is 0 Å². The van der Waals surface area contributed by atoms with Crippen molar-refractivity contribution in [3.8, 4) is 0 Å². The molecule has 1 rings (SSSR count). The summed E-state index contributed by atoms with van der Waals surface area (Å²) in [6.07, 6.45) is -5.36. The van der Waals surface area contributed by atoms with Crippen LogP contribution < -0.4 is 0 Å². The SMILES string of the molecule is O=C(O)CN(CC(F)(F)F)C(=O)N1CCOC(CO)C1. The topological polar surface area (TPSA) is 90.3 Å². The standard InChI is InChI=1S/C10H15F3N2O5/c11-10(12,13)6-15(4-8(17)18)9(19)14-1-2-20-7(3-14)5-16/h7,16H,1-6H2,(H,17,18). The Bertz CT molecular complexity index is 363. The first-order valence-electron chi connectivity index (χ1n) is 5.78. The maximum Gasteiger partial charge on any atom is 0.406 e. The zero-order valence-corrected chi connectivity index (χ0v) is 10.5. The van der Waals surface area contributed by atoms with Crippen LogP contribution in [0, 0.1) is 0 Å². The molecule has 0 radical (unpaired) electrons. The van der Waals surface area contributed by atoms with Crippen LogP contribution in [0.25, 0.3) is 0 Å². The van der Waals surface area contributed by atoms with Gasteiger partial charge in [0.25, 0.3) is 0 Å². The van der Waals surface area contributed by atoms with Crippen LogP contribution in [-0.2, 0) is 9.53 Å². The number of carbonyl (C=O) groups is 2. The quantitative estimate of drug-likeness (QED) is 0.747. The van der Waals surface area contributed by atoms with Gasteiger partial charge in [0.2, 0.25) is 0 Å². The van der Waals surface area contributed by atoms with Crippen LogP contribution in [0.4, 0.5) is 18.0 Å². The average molecular weight is 300 g/mol. The molecule has 1 atom stereocenters. The Morgan fingerprint density at radius 3 is 2.55 bits per heavy atom. The lowest BCUT2D eigenvalue weighted by Crippen LogP contribution is -2.54. The molecule has 0 aromatic carbocycles. The molecule has 0 aromatic heterocycles. The van der Waals surface area contributed by atoms with Crippen LogP contribution in [0.15, 0.2) is 0 Å². The Balaban J connectivity index is 2.73.